The fraction of sp³-hybridized carbons (Fsp3) is 0.389. The molecule has 1 aromatic carbocycles. The van der Waals surface area contributed by atoms with Crippen molar-refractivity contribution in [2.45, 2.75) is 25.8 Å². The smallest absolute Gasteiger partial charge is 0.326 e. The van der Waals surface area contributed by atoms with Gasteiger partial charge >= 0.3 is 5.97 Å². The van der Waals surface area contributed by atoms with Crippen LogP contribution in [0, 0.1) is 5.92 Å². The number of nitrogens with zero attached hydrogens (tertiary/aromatic N) is 1. The monoisotopic (exact) mass is 330 g/mol. The van der Waals surface area contributed by atoms with Crippen molar-refractivity contribution in [2.75, 3.05) is 13.6 Å². The van der Waals surface area contributed by atoms with Gasteiger partial charge in [-0.25, -0.2) is 4.79 Å². The molecule has 1 aliphatic rings. The van der Waals surface area contributed by atoms with E-state index in [-0.39, 0.29) is 30.7 Å². The van der Waals surface area contributed by atoms with Crippen molar-refractivity contribution in [2.24, 2.45) is 5.92 Å². The van der Waals surface area contributed by atoms with E-state index in [1.54, 1.807) is 0 Å². The number of carbonyl (C=O) groups excluding carboxylic acids is 2. The molecule has 6 nitrogen and oxygen atoms in total. The summed E-state index contributed by atoms with van der Waals surface area (Å²) in [5.41, 5.74) is 1.66. The van der Waals surface area contributed by atoms with Gasteiger partial charge in [-0.1, -0.05) is 30.3 Å². The maximum absolute atomic E-state index is 12.6. The zero-order valence-electron chi connectivity index (χ0n) is 13.9. The number of likely N-dealkylation sites (tertiary alicyclic amines) is 1. The van der Waals surface area contributed by atoms with Gasteiger partial charge in [-0.15, -0.1) is 0 Å². The summed E-state index contributed by atoms with van der Waals surface area (Å²) in [6.45, 7) is 1.93. The molecule has 1 aliphatic heterocycles. The lowest BCUT2D eigenvalue weighted by Crippen LogP contribution is -2.52. The van der Waals surface area contributed by atoms with Crippen LogP contribution in [0.3, 0.4) is 0 Å². The van der Waals surface area contributed by atoms with Crippen molar-refractivity contribution in [3.05, 3.63) is 42.0 Å². The molecule has 1 fully saturated rings. The van der Waals surface area contributed by atoms with Crippen molar-refractivity contribution in [3.8, 4) is 0 Å². The second-order valence-electron chi connectivity index (χ2n) is 5.93. The molecule has 2 rings (SSSR count). The Morgan fingerprint density at radius 2 is 1.88 bits per heavy atom. The van der Waals surface area contributed by atoms with Gasteiger partial charge in [0.15, 0.2) is 0 Å². The molecule has 1 aromatic rings. The minimum absolute atomic E-state index is 0.119. The van der Waals surface area contributed by atoms with Crippen LogP contribution in [-0.2, 0) is 14.4 Å². The van der Waals surface area contributed by atoms with E-state index in [1.165, 1.54) is 18.0 Å². The number of amides is 2. The number of allylic oxidation sites excluding steroid dienone is 1. The average Bonchev–Trinajstić information content (AvgIpc) is 2.61. The van der Waals surface area contributed by atoms with Gasteiger partial charge in [-0.3, -0.25) is 9.59 Å². The Hall–Kier alpha value is -2.63. The van der Waals surface area contributed by atoms with E-state index in [0.717, 1.165) is 11.1 Å². The number of nitrogens with one attached hydrogen (secondary N) is 1. The van der Waals surface area contributed by atoms with E-state index in [4.69, 9.17) is 0 Å². The molecule has 128 valence electrons. The summed E-state index contributed by atoms with van der Waals surface area (Å²) in [7, 11) is 1.54. The second-order valence-corrected chi connectivity index (χ2v) is 5.93. The normalized spacial score (nSPS) is 21.2. The third kappa shape index (κ3) is 4.01. The Labute approximate surface area is 141 Å². The molecular formula is C18H22N2O4. The maximum Gasteiger partial charge on any atom is 0.326 e. The molecule has 0 aliphatic carbocycles. The number of carboxylic acid groups (broad SMARTS) is 1. The minimum atomic E-state index is -1.04. The number of carboxylic acids is 1. The predicted octanol–water partition coefficient (Wildman–Crippen LogP) is 1.53. The summed E-state index contributed by atoms with van der Waals surface area (Å²) in [5.74, 6) is -1.96. The lowest BCUT2D eigenvalue weighted by atomic mass is 9.91. The van der Waals surface area contributed by atoms with Gasteiger partial charge in [0, 0.05) is 19.7 Å². The van der Waals surface area contributed by atoms with Crippen LogP contribution >= 0.6 is 0 Å². The molecular weight excluding hydrogens is 308 g/mol. The first-order chi connectivity index (χ1) is 11.4. The zero-order chi connectivity index (χ0) is 17.7. The van der Waals surface area contributed by atoms with Crippen LogP contribution in [0.5, 0.6) is 0 Å². The van der Waals surface area contributed by atoms with Gasteiger partial charge in [0.05, 0.1) is 5.92 Å². The molecule has 2 atom stereocenters. The molecule has 6 heteroatoms. The molecule has 2 amide bonds. The van der Waals surface area contributed by atoms with Crippen LogP contribution < -0.4 is 5.32 Å². The topological polar surface area (TPSA) is 86.7 Å². The van der Waals surface area contributed by atoms with Gasteiger partial charge in [0.25, 0.3) is 0 Å². The number of carbonyl (C=O) groups is 3. The number of aliphatic carboxylic acids is 1. The van der Waals surface area contributed by atoms with Gasteiger partial charge in [0.1, 0.15) is 6.04 Å². The van der Waals surface area contributed by atoms with Gasteiger partial charge in [-0.05, 0) is 30.9 Å². The van der Waals surface area contributed by atoms with Crippen LogP contribution in [-0.4, -0.2) is 47.4 Å². The molecule has 0 aromatic heterocycles. The van der Waals surface area contributed by atoms with E-state index >= 15 is 0 Å². The number of hydrogen-bond donors (Lipinski definition) is 2. The summed E-state index contributed by atoms with van der Waals surface area (Å²) in [6.07, 6.45) is 2.18. The van der Waals surface area contributed by atoms with Crippen LogP contribution in [0.1, 0.15) is 25.3 Å². The SMILES string of the molecule is CNC(=O)[C@H]1CC[C@@H](C(=O)O)N(C(=O)/C=C(\C)c2ccccc2)C1. The molecule has 0 spiro atoms. The second kappa shape index (κ2) is 7.77. The molecule has 0 bridgehead atoms. The summed E-state index contributed by atoms with van der Waals surface area (Å²) in [4.78, 5) is 37.2. The summed E-state index contributed by atoms with van der Waals surface area (Å²) in [6, 6.07) is 8.52. The van der Waals surface area contributed by atoms with Crippen LogP contribution in [0.4, 0.5) is 0 Å². The highest BCUT2D eigenvalue weighted by molar-refractivity contribution is 5.97. The number of piperidine rings is 1. The molecule has 0 radical (unpaired) electrons. The van der Waals surface area contributed by atoms with E-state index in [1.807, 2.05) is 37.3 Å². The number of rotatable bonds is 4. The highest BCUT2D eigenvalue weighted by Crippen LogP contribution is 2.24. The van der Waals surface area contributed by atoms with Crippen LogP contribution in [0.2, 0.25) is 0 Å². The first-order valence-electron chi connectivity index (χ1n) is 7.92. The van der Waals surface area contributed by atoms with Gasteiger partial charge < -0.3 is 15.3 Å². The van der Waals surface area contributed by atoms with Crippen molar-refractivity contribution >= 4 is 23.4 Å². The summed E-state index contributed by atoms with van der Waals surface area (Å²) >= 11 is 0. The standard InChI is InChI=1S/C18H22N2O4/c1-12(13-6-4-3-5-7-13)10-16(21)20-11-14(17(22)19-2)8-9-15(20)18(23)24/h3-7,10,14-15H,8-9,11H2,1-2H3,(H,19,22)(H,23,24)/b12-10+/t14-,15-/m0/s1. The zero-order valence-corrected chi connectivity index (χ0v) is 13.9. The Bertz CT molecular complexity index is 654. The maximum atomic E-state index is 12.6. The lowest BCUT2D eigenvalue weighted by molar-refractivity contribution is -0.152. The van der Waals surface area contributed by atoms with Crippen molar-refractivity contribution in [1.82, 2.24) is 10.2 Å². The quantitative estimate of drug-likeness (QED) is 0.820. The predicted molar refractivity (Wildman–Crippen MR) is 90.0 cm³/mol. The highest BCUT2D eigenvalue weighted by atomic mass is 16.4. The van der Waals surface area contributed by atoms with E-state index < -0.39 is 12.0 Å². The summed E-state index contributed by atoms with van der Waals surface area (Å²) in [5, 5.41) is 11.9. The molecule has 1 saturated heterocycles. The van der Waals surface area contributed by atoms with Crippen LogP contribution in [0.15, 0.2) is 36.4 Å². The molecule has 1 heterocycles. The Morgan fingerprint density at radius 3 is 2.46 bits per heavy atom. The van der Waals surface area contributed by atoms with E-state index in [2.05, 4.69) is 5.32 Å². The third-order valence-corrected chi connectivity index (χ3v) is 4.34. The minimum Gasteiger partial charge on any atom is -0.480 e. The Balaban J connectivity index is 2.22. The van der Waals surface area contributed by atoms with Gasteiger partial charge in [-0.2, -0.15) is 0 Å². The fourth-order valence-electron chi connectivity index (χ4n) is 2.94. The number of benzene rings is 1. The molecule has 0 saturated carbocycles. The van der Waals surface area contributed by atoms with E-state index in [9.17, 15) is 19.5 Å². The summed E-state index contributed by atoms with van der Waals surface area (Å²) < 4.78 is 0. The molecule has 0 unspecified atom stereocenters. The fourth-order valence-corrected chi connectivity index (χ4v) is 2.94. The molecule has 2 N–H and O–H groups in total. The Kier molecular flexibility index (Phi) is 5.73. The van der Waals surface area contributed by atoms with E-state index in [0.29, 0.717) is 6.42 Å². The van der Waals surface area contributed by atoms with Crippen LogP contribution in [0.25, 0.3) is 5.57 Å². The molecule has 24 heavy (non-hydrogen) atoms. The first kappa shape index (κ1) is 17.7. The number of hydrogen-bond acceptors (Lipinski definition) is 3. The van der Waals surface area contributed by atoms with Crippen molar-refractivity contribution in [3.63, 3.8) is 0 Å². The third-order valence-electron chi connectivity index (χ3n) is 4.34. The first-order valence-corrected chi connectivity index (χ1v) is 7.92. The largest absolute Gasteiger partial charge is 0.480 e. The van der Waals surface area contributed by atoms with Crippen molar-refractivity contribution in [1.29, 1.82) is 0 Å². The Morgan fingerprint density at radius 1 is 1.21 bits per heavy atom. The average molecular weight is 330 g/mol. The van der Waals surface area contributed by atoms with Crippen molar-refractivity contribution < 1.29 is 19.5 Å². The lowest BCUT2D eigenvalue weighted by Gasteiger charge is -2.36. The highest BCUT2D eigenvalue weighted by Gasteiger charge is 2.37. The van der Waals surface area contributed by atoms with Gasteiger partial charge in [0.2, 0.25) is 11.8 Å².